The Morgan fingerprint density at radius 1 is 0.142 bits per heavy atom. The molecule has 6 aromatic heterocycles. The number of hydrogen-bond acceptors (Lipinski definition) is 2. The van der Waals surface area contributed by atoms with Crippen LogP contribution in [-0.2, 0) is 0 Å². The van der Waals surface area contributed by atoms with Gasteiger partial charge in [-0.2, -0.15) is 0 Å². The largest absolute Gasteiger partial charge is 0.310 e. The topological polar surface area (TPSA) is 36.1 Å². The van der Waals surface area contributed by atoms with Crippen LogP contribution in [0.2, 0.25) is 0 Å². The van der Waals surface area contributed by atoms with Gasteiger partial charge in [-0.1, -0.05) is 370 Å². The van der Waals surface area contributed by atoms with Crippen molar-refractivity contribution in [1.29, 1.82) is 0 Å². The molecule has 2 aliphatic heterocycles. The number of hydrogen-bond donors (Lipinski definition) is 0. The lowest BCUT2D eigenvalue weighted by Gasteiger charge is -2.46. The second kappa shape index (κ2) is 30.9. The zero-order valence-electron chi connectivity index (χ0n) is 76.6. The van der Waals surface area contributed by atoms with Crippen molar-refractivity contribution >= 4 is 188 Å². The minimum atomic E-state index is -0.427. The maximum Gasteiger partial charge on any atom is 0.252 e. The van der Waals surface area contributed by atoms with Crippen LogP contribution < -0.4 is 26.2 Å². The molecule has 30 rings (SSSR count). The van der Waals surface area contributed by atoms with Crippen LogP contribution in [0.5, 0.6) is 0 Å². The van der Waals surface area contributed by atoms with Gasteiger partial charge in [0.1, 0.15) is 0 Å². The highest BCUT2D eigenvalue weighted by atomic mass is 15.2. The van der Waals surface area contributed by atoms with Crippen molar-refractivity contribution < 1.29 is 0 Å². The summed E-state index contributed by atoms with van der Waals surface area (Å²) in [6.07, 6.45) is 0. The van der Waals surface area contributed by atoms with Crippen molar-refractivity contribution in [3.63, 3.8) is 0 Å². The summed E-state index contributed by atoms with van der Waals surface area (Å²) in [4.78, 5) is 5.56. The molecule has 8 heterocycles. The average molecular weight is 1790 g/mol. The summed E-state index contributed by atoms with van der Waals surface area (Å²) in [6.45, 7) is -0.427. The van der Waals surface area contributed by atoms with Gasteiger partial charge in [-0.3, -0.25) is 0 Å². The molecule has 0 N–H and O–H groups in total. The van der Waals surface area contributed by atoms with Gasteiger partial charge in [0.05, 0.1) is 77.6 Å². The first-order valence-corrected chi connectivity index (χ1v) is 48.7. The second-order valence-electron chi connectivity index (χ2n) is 37.6. The number of aromatic nitrogens is 6. The van der Waals surface area contributed by atoms with E-state index in [1.807, 2.05) is 0 Å². The Morgan fingerprint density at radius 3 is 0.638 bits per heavy atom. The third kappa shape index (κ3) is 11.5. The first-order valence-electron chi connectivity index (χ1n) is 48.7. The molecule has 2 aliphatic rings. The standard InChI is InChI=1S/C132H83BN8/c1-6-38-84(39-7-1)85-80-124-126-125(81-85)141(132-110(106-62-34-58-102-98-54-22-30-74-120(98)138(129(102)106)88-44-12-4-13-45-88)66-37-67-111(132)107-63-35-59-103-99-55-23-31-75-121(99)139(130(103)107)89-46-14-5-15-47-89)123-83-91(135-116-70-26-18-50-94(116)95-51-19-27-71-117(95)135)77-79-113(123)133(126)112-78-76-90(134-114-68-24-16-48-92(114)93-49-17-25-69-115(93)134)82-122(112)140(124)131-108(104-60-32-56-100-96-52-20-28-72-118(96)136(127(100)104)86-40-8-2-9-41-86)64-36-65-109(131)105-61-33-57-101-97-53-21-29-73-119(97)137(128(101)105)87-42-10-3-11-43-87/h1-83H. The molecule has 141 heavy (non-hydrogen) atoms. The van der Waals surface area contributed by atoms with E-state index in [9.17, 15) is 0 Å². The Kier molecular flexibility index (Phi) is 17.2. The zero-order valence-corrected chi connectivity index (χ0v) is 76.6. The van der Waals surface area contributed by atoms with Crippen LogP contribution in [-0.4, -0.2) is 34.1 Å². The summed E-state index contributed by atoms with van der Waals surface area (Å²) in [5.41, 5.74) is 40.3. The Balaban J connectivity index is 0.811. The fraction of sp³-hybridized carbons (Fsp3) is 0. The van der Waals surface area contributed by atoms with E-state index in [0.717, 1.165) is 228 Å². The van der Waals surface area contributed by atoms with E-state index in [4.69, 9.17) is 0 Å². The fourth-order valence-corrected chi connectivity index (χ4v) is 24.7. The van der Waals surface area contributed by atoms with Gasteiger partial charge in [-0.25, -0.2) is 0 Å². The monoisotopic (exact) mass is 1790 g/mol. The molecule has 654 valence electrons. The molecule has 0 unspecified atom stereocenters. The van der Waals surface area contributed by atoms with Crippen LogP contribution in [0.15, 0.2) is 504 Å². The van der Waals surface area contributed by atoms with E-state index in [0.29, 0.717) is 0 Å². The minimum absolute atomic E-state index is 0.427. The van der Waals surface area contributed by atoms with Crippen molar-refractivity contribution in [2.75, 3.05) is 9.80 Å². The molecule has 22 aromatic carbocycles. The van der Waals surface area contributed by atoms with E-state index >= 15 is 0 Å². The summed E-state index contributed by atoms with van der Waals surface area (Å²) < 4.78 is 15.2. The number of rotatable bonds is 13. The van der Waals surface area contributed by atoms with Crippen molar-refractivity contribution in [3.05, 3.63) is 504 Å². The summed E-state index contributed by atoms with van der Waals surface area (Å²) in [5.74, 6) is 0. The fourth-order valence-electron chi connectivity index (χ4n) is 24.7. The molecule has 0 bridgehead atoms. The highest BCUT2D eigenvalue weighted by Gasteiger charge is 2.47. The number of benzene rings is 22. The maximum absolute atomic E-state index is 2.78. The predicted octanol–water partition coefficient (Wildman–Crippen LogP) is 32.7. The van der Waals surface area contributed by atoms with Gasteiger partial charge in [-0.15, -0.1) is 0 Å². The third-order valence-corrected chi connectivity index (χ3v) is 30.3. The molecule has 28 aromatic rings. The van der Waals surface area contributed by atoms with Crippen LogP contribution in [0.1, 0.15) is 0 Å². The summed E-state index contributed by atoms with van der Waals surface area (Å²) >= 11 is 0. The SMILES string of the molecule is c1ccc(-c2cc3c4c(c2)N(c2c(-c5cccc6c7ccccc7n(-c7ccccc7)c56)cccc2-c2cccc5c6ccccc6n(-c6ccccc6)c25)c2cc(-n5c6ccccc6c6ccccc65)ccc2B4c2ccc(-n4c5ccccc5c5ccccc54)cc2N3c2c(-c3cccc4c5ccccc5n(-c5ccccc5)c34)cccc2-c2cccc3c4ccccc4n(-c4ccccc4)c23)cc1. The number of fused-ring (bicyclic) bond motifs is 22. The smallest absolute Gasteiger partial charge is 0.252 e. The first-order chi connectivity index (χ1) is 70.1. The molecule has 8 nitrogen and oxygen atoms in total. The molecule has 0 atom stereocenters. The summed E-state index contributed by atoms with van der Waals surface area (Å²) in [6, 6.07) is 190. The Morgan fingerprint density at radius 2 is 0.362 bits per heavy atom. The van der Waals surface area contributed by atoms with Crippen molar-refractivity contribution in [3.8, 4) is 89.8 Å². The maximum atomic E-state index is 2.78. The molecule has 9 heteroatoms. The summed E-state index contributed by atoms with van der Waals surface area (Å²) in [7, 11) is 0. The quantitative estimate of drug-likeness (QED) is 0.108. The van der Waals surface area contributed by atoms with Crippen LogP contribution in [0.4, 0.5) is 34.1 Å². The van der Waals surface area contributed by atoms with E-state index in [-0.39, 0.29) is 0 Å². The van der Waals surface area contributed by atoms with Gasteiger partial charge < -0.3 is 37.2 Å². The van der Waals surface area contributed by atoms with Crippen LogP contribution in [0, 0.1) is 0 Å². The third-order valence-electron chi connectivity index (χ3n) is 30.3. The van der Waals surface area contributed by atoms with E-state index in [1.54, 1.807) is 0 Å². The minimum Gasteiger partial charge on any atom is -0.310 e. The number of anilines is 6. The number of nitrogens with zero attached hydrogens (tertiary/aromatic N) is 8. The highest BCUT2D eigenvalue weighted by Crippen LogP contribution is 2.58. The summed E-state index contributed by atoms with van der Waals surface area (Å²) in [5, 5.41) is 14.1. The molecule has 0 aliphatic carbocycles. The molecule has 0 radical (unpaired) electrons. The Hall–Kier alpha value is -18.7. The Labute approximate surface area is 812 Å². The van der Waals surface area contributed by atoms with Crippen molar-refractivity contribution in [2.24, 2.45) is 0 Å². The molecule has 0 spiro atoms. The van der Waals surface area contributed by atoms with Gasteiger partial charge in [0.25, 0.3) is 6.71 Å². The molecule has 0 saturated carbocycles. The van der Waals surface area contributed by atoms with Crippen LogP contribution >= 0.6 is 0 Å². The van der Waals surface area contributed by atoms with Crippen LogP contribution in [0.3, 0.4) is 0 Å². The van der Waals surface area contributed by atoms with Gasteiger partial charge >= 0.3 is 0 Å². The van der Waals surface area contributed by atoms with Gasteiger partial charge in [0, 0.05) is 166 Å². The molecule has 0 saturated heterocycles. The number of para-hydroxylation sites is 18. The van der Waals surface area contributed by atoms with E-state index in [2.05, 4.69) is 541 Å². The Bertz CT molecular complexity index is 9090. The normalized spacial score (nSPS) is 12.5. The lowest BCUT2D eigenvalue weighted by Crippen LogP contribution is -2.61. The predicted molar refractivity (Wildman–Crippen MR) is 594 cm³/mol. The van der Waals surface area contributed by atoms with E-state index < -0.39 is 6.71 Å². The van der Waals surface area contributed by atoms with Crippen molar-refractivity contribution in [1.82, 2.24) is 27.4 Å². The molecular weight excluding hydrogens is 1710 g/mol. The lowest BCUT2D eigenvalue weighted by atomic mass is 9.33. The van der Waals surface area contributed by atoms with Gasteiger partial charge in [-0.05, 0) is 161 Å². The van der Waals surface area contributed by atoms with Crippen LogP contribution in [0.25, 0.3) is 221 Å². The van der Waals surface area contributed by atoms with Gasteiger partial charge in [0.15, 0.2) is 0 Å². The first kappa shape index (κ1) is 78.6. The molecule has 0 fully saturated rings. The average Bonchev–Trinajstić information content (AvgIpc) is 1.29. The molecule has 0 amide bonds. The van der Waals surface area contributed by atoms with E-state index in [1.165, 1.54) is 43.1 Å². The van der Waals surface area contributed by atoms with Gasteiger partial charge in [0.2, 0.25) is 0 Å². The zero-order chi connectivity index (χ0) is 92.2. The lowest BCUT2D eigenvalue weighted by molar-refractivity contribution is 1.16. The second-order valence-corrected chi connectivity index (χ2v) is 37.6. The van der Waals surface area contributed by atoms with Crippen molar-refractivity contribution in [2.45, 2.75) is 0 Å². The highest BCUT2D eigenvalue weighted by molar-refractivity contribution is 7.00. The molecular formula is C132H83BN8.